The van der Waals surface area contributed by atoms with Crippen molar-refractivity contribution in [3.05, 3.63) is 52.2 Å². The van der Waals surface area contributed by atoms with Crippen molar-refractivity contribution in [3.8, 4) is 0 Å². The molecule has 2 aromatic rings. The van der Waals surface area contributed by atoms with Crippen molar-refractivity contribution >= 4 is 27.3 Å². The van der Waals surface area contributed by atoms with Gasteiger partial charge in [0.25, 0.3) is 5.91 Å². The van der Waals surface area contributed by atoms with Gasteiger partial charge < -0.3 is 14.4 Å². The van der Waals surface area contributed by atoms with Crippen LogP contribution < -0.4 is 0 Å². The standard InChI is InChI=1S/C21H26N2O5S2/c24-21(22(15-18-3-1-11-28-18)16-19-4-2-14-29-19)17-5-7-20(8-6-17)30(25,26)23-9-12-27-13-10-23/h2,4-8,14,18H,1,3,9-13,15-16H2/t18-/m0/s1. The van der Waals surface area contributed by atoms with Crippen LogP contribution in [0.25, 0.3) is 0 Å². The fourth-order valence-corrected chi connectivity index (χ4v) is 5.86. The fourth-order valence-electron chi connectivity index (χ4n) is 3.73. The summed E-state index contributed by atoms with van der Waals surface area (Å²) in [6, 6.07) is 10.2. The summed E-state index contributed by atoms with van der Waals surface area (Å²) < 4.78 is 38.0. The zero-order valence-electron chi connectivity index (χ0n) is 16.7. The Labute approximate surface area is 181 Å². The number of rotatable bonds is 7. The first-order valence-corrected chi connectivity index (χ1v) is 12.5. The molecule has 0 unspecified atom stereocenters. The SMILES string of the molecule is O=C(c1ccc(S(=O)(=O)N2CCOCC2)cc1)N(Cc1cccs1)C[C@@H]1CCCO1. The minimum Gasteiger partial charge on any atom is -0.379 e. The number of carbonyl (C=O) groups is 1. The molecule has 0 spiro atoms. The Kier molecular flexibility index (Phi) is 6.84. The third-order valence-corrected chi connectivity index (χ3v) is 8.15. The van der Waals surface area contributed by atoms with Crippen LogP contribution in [0.2, 0.25) is 0 Å². The van der Waals surface area contributed by atoms with Crippen LogP contribution in [0.5, 0.6) is 0 Å². The van der Waals surface area contributed by atoms with Crippen LogP contribution in [-0.4, -0.2) is 69.1 Å². The lowest BCUT2D eigenvalue weighted by molar-refractivity contribution is 0.0509. The molecule has 30 heavy (non-hydrogen) atoms. The summed E-state index contributed by atoms with van der Waals surface area (Å²) in [5.74, 6) is -0.116. The van der Waals surface area contributed by atoms with Crippen LogP contribution in [0.3, 0.4) is 0 Å². The zero-order valence-corrected chi connectivity index (χ0v) is 18.4. The van der Waals surface area contributed by atoms with Gasteiger partial charge in [-0.1, -0.05) is 6.07 Å². The molecule has 9 heteroatoms. The van der Waals surface area contributed by atoms with Crippen LogP contribution in [0.1, 0.15) is 28.1 Å². The maximum Gasteiger partial charge on any atom is 0.254 e. The second-order valence-electron chi connectivity index (χ2n) is 7.44. The molecule has 162 valence electrons. The molecular formula is C21H26N2O5S2. The number of hydrogen-bond donors (Lipinski definition) is 0. The summed E-state index contributed by atoms with van der Waals surface area (Å²) in [5, 5.41) is 2.00. The fraction of sp³-hybridized carbons (Fsp3) is 0.476. The van der Waals surface area contributed by atoms with Crippen LogP contribution in [0.4, 0.5) is 0 Å². The Hall–Kier alpha value is -1.78. The topological polar surface area (TPSA) is 76.2 Å². The number of thiophene rings is 1. The first-order chi connectivity index (χ1) is 14.5. The van der Waals surface area contributed by atoms with E-state index in [1.165, 1.54) is 16.4 Å². The normalized spacial score (nSPS) is 20.3. The predicted octanol–water partition coefficient (Wildman–Crippen LogP) is 2.59. The second-order valence-corrected chi connectivity index (χ2v) is 10.4. The van der Waals surface area contributed by atoms with E-state index >= 15 is 0 Å². The van der Waals surface area contributed by atoms with Gasteiger partial charge in [-0.25, -0.2) is 8.42 Å². The number of sulfonamides is 1. The number of carbonyl (C=O) groups excluding carboxylic acids is 1. The van der Waals surface area contributed by atoms with Gasteiger partial charge in [0.2, 0.25) is 10.0 Å². The van der Waals surface area contributed by atoms with Crippen molar-refractivity contribution in [1.82, 2.24) is 9.21 Å². The average molecular weight is 451 g/mol. The molecule has 1 atom stereocenters. The van der Waals surface area contributed by atoms with Gasteiger partial charge in [-0.3, -0.25) is 4.79 Å². The first-order valence-electron chi connectivity index (χ1n) is 10.2. The average Bonchev–Trinajstić information content (AvgIpc) is 3.48. The van der Waals surface area contributed by atoms with E-state index in [2.05, 4.69) is 0 Å². The van der Waals surface area contributed by atoms with E-state index in [9.17, 15) is 13.2 Å². The van der Waals surface area contributed by atoms with Crippen molar-refractivity contribution in [1.29, 1.82) is 0 Å². The Morgan fingerprint density at radius 2 is 1.90 bits per heavy atom. The molecule has 2 aliphatic heterocycles. The summed E-state index contributed by atoms with van der Waals surface area (Å²) in [4.78, 5) is 16.3. The lowest BCUT2D eigenvalue weighted by Crippen LogP contribution is -2.40. The van der Waals surface area contributed by atoms with Crippen molar-refractivity contribution < 1.29 is 22.7 Å². The summed E-state index contributed by atoms with van der Waals surface area (Å²) in [5.41, 5.74) is 0.477. The lowest BCUT2D eigenvalue weighted by atomic mass is 10.1. The van der Waals surface area contributed by atoms with Crippen molar-refractivity contribution in [2.75, 3.05) is 39.5 Å². The van der Waals surface area contributed by atoms with Crippen molar-refractivity contribution in [3.63, 3.8) is 0 Å². The van der Waals surface area contributed by atoms with Gasteiger partial charge in [-0.15, -0.1) is 11.3 Å². The highest BCUT2D eigenvalue weighted by Gasteiger charge is 2.27. The lowest BCUT2D eigenvalue weighted by Gasteiger charge is -2.26. The molecular weight excluding hydrogens is 424 g/mol. The highest BCUT2D eigenvalue weighted by molar-refractivity contribution is 7.89. The molecule has 0 radical (unpaired) electrons. The molecule has 0 N–H and O–H groups in total. The minimum absolute atomic E-state index is 0.0508. The highest BCUT2D eigenvalue weighted by atomic mass is 32.2. The molecule has 0 bridgehead atoms. The molecule has 2 fully saturated rings. The molecule has 1 aromatic carbocycles. The van der Waals surface area contributed by atoms with E-state index in [-0.39, 0.29) is 16.9 Å². The quantitative estimate of drug-likeness (QED) is 0.648. The van der Waals surface area contributed by atoms with E-state index < -0.39 is 10.0 Å². The predicted molar refractivity (Wildman–Crippen MR) is 114 cm³/mol. The van der Waals surface area contributed by atoms with Crippen molar-refractivity contribution in [2.24, 2.45) is 0 Å². The molecule has 0 aliphatic carbocycles. The van der Waals surface area contributed by atoms with Gasteiger partial charge in [-0.05, 0) is 48.6 Å². The number of hydrogen-bond acceptors (Lipinski definition) is 6. The highest BCUT2D eigenvalue weighted by Crippen LogP contribution is 2.21. The number of nitrogens with zero attached hydrogens (tertiary/aromatic N) is 2. The number of amides is 1. The van der Waals surface area contributed by atoms with E-state index in [1.807, 2.05) is 17.5 Å². The zero-order chi connectivity index (χ0) is 21.0. The maximum absolute atomic E-state index is 13.2. The van der Waals surface area contributed by atoms with Crippen molar-refractivity contribution in [2.45, 2.75) is 30.4 Å². The second kappa shape index (κ2) is 9.57. The van der Waals surface area contributed by atoms with Gasteiger partial charge in [-0.2, -0.15) is 4.31 Å². The summed E-state index contributed by atoms with van der Waals surface area (Å²) in [6.07, 6.45) is 2.01. The summed E-state index contributed by atoms with van der Waals surface area (Å²) in [7, 11) is -3.57. The minimum atomic E-state index is -3.57. The smallest absolute Gasteiger partial charge is 0.254 e. The molecule has 2 saturated heterocycles. The molecule has 2 aliphatic rings. The van der Waals surface area contributed by atoms with Gasteiger partial charge in [0, 0.05) is 36.7 Å². The molecule has 3 heterocycles. The van der Waals surface area contributed by atoms with Crippen LogP contribution in [0, 0.1) is 0 Å². The third kappa shape index (κ3) is 4.92. The number of benzene rings is 1. The first kappa shape index (κ1) is 21.5. The summed E-state index contributed by atoms with van der Waals surface area (Å²) >= 11 is 1.61. The Balaban J connectivity index is 1.50. The number of morpholine rings is 1. The van der Waals surface area contributed by atoms with E-state index in [1.54, 1.807) is 28.4 Å². The van der Waals surface area contributed by atoms with E-state index in [4.69, 9.17) is 9.47 Å². The Morgan fingerprint density at radius 1 is 1.13 bits per heavy atom. The van der Waals surface area contributed by atoms with Gasteiger partial charge in [0.05, 0.1) is 30.8 Å². The number of ether oxygens (including phenoxy) is 2. The van der Waals surface area contributed by atoms with Gasteiger partial charge in [0.1, 0.15) is 0 Å². The van der Waals surface area contributed by atoms with E-state index in [0.717, 1.165) is 24.3 Å². The monoisotopic (exact) mass is 450 g/mol. The molecule has 1 amide bonds. The molecule has 4 rings (SSSR count). The Morgan fingerprint density at radius 3 is 2.53 bits per heavy atom. The third-order valence-electron chi connectivity index (χ3n) is 5.37. The van der Waals surface area contributed by atoms with Gasteiger partial charge in [0.15, 0.2) is 0 Å². The van der Waals surface area contributed by atoms with Crippen LogP contribution in [0.15, 0.2) is 46.7 Å². The molecule has 0 saturated carbocycles. The maximum atomic E-state index is 13.2. The van der Waals surface area contributed by atoms with E-state index in [0.29, 0.717) is 45.0 Å². The van der Waals surface area contributed by atoms with Gasteiger partial charge >= 0.3 is 0 Å². The Bertz CT molecular complexity index is 932. The largest absolute Gasteiger partial charge is 0.379 e. The van der Waals surface area contributed by atoms with Crippen LogP contribution >= 0.6 is 11.3 Å². The molecule has 1 aromatic heterocycles. The molecule has 7 nitrogen and oxygen atoms in total. The summed E-state index contributed by atoms with van der Waals surface area (Å²) in [6.45, 7) is 3.28. The van der Waals surface area contributed by atoms with Crippen LogP contribution in [-0.2, 0) is 26.0 Å².